The fourth-order valence-electron chi connectivity index (χ4n) is 4.69. The molecule has 5 heterocycles. The number of fused-ring (bicyclic) bond motifs is 2. The molecule has 5 aromatic rings. The maximum absolute atomic E-state index is 9.95. The molecule has 32 heavy (non-hydrogen) atoms. The van der Waals surface area contributed by atoms with Crippen LogP contribution in [0.25, 0.3) is 43.5 Å². The molecule has 3 atom stereocenters. The van der Waals surface area contributed by atoms with Gasteiger partial charge in [0, 0.05) is 57.1 Å². The van der Waals surface area contributed by atoms with Crippen molar-refractivity contribution in [3.63, 3.8) is 0 Å². The van der Waals surface area contributed by atoms with Crippen molar-refractivity contribution in [1.29, 1.82) is 0 Å². The van der Waals surface area contributed by atoms with Gasteiger partial charge in [-0.3, -0.25) is 9.67 Å². The summed E-state index contributed by atoms with van der Waals surface area (Å²) in [7, 11) is 0. The Balaban J connectivity index is 1.48. The van der Waals surface area contributed by atoms with Crippen molar-refractivity contribution >= 4 is 38.2 Å². The van der Waals surface area contributed by atoms with Crippen LogP contribution in [0.5, 0.6) is 0 Å². The molecule has 1 aliphatic carbocycles. The van der Waals surface area contributed by atoms with Gasteiger partial charge in [0.25, 0.3) is 0 Å². The first-order chi connectivity index (χ1) is 15.5. The van der Waals surface area contributed by atoms with Crippen LogP contribution in [-0.4, -0.2) is 42.2 Å². The molecule has 6 rings (SSSR count). The predicted octanol–water partition coefficient (Wildman–Crippen LogP) is 3.92. The Labute approximate surface area is 187 Å². The van der Waals surface area contributed by atoms with Crippen molar-refractivity contribution in [2.45, 2.75) is 38.0 Å². The highest BCUT2D eigenvalue weighted by Gasteiger charge is 2.34. The molecule has 5 aromatic heterocycles. The lowest BCUT2D eigenvalue weighted by Gasteiger charge is -2.13. The Morgan fingerprint density at radius 1 is 1.09 bits per heavy atom. The summed E-state index contributed by atoms with van der Waals surface area (Å²) in [6, 6.07) is 3.94. The number of anilines is 1. The van der Waals surface area contributed by atoms with Crippen LogP contribution in [0.1, 0.15) is 24.6 Å². The molecule has 0 aromatic carbocycles. The number of nitrogen functional groups attached to an aromatic ring is 1. The number of aliphatic hydroxyl groups is 2. The van der Waals surface area contributed by atoms with Gasteiger partial charge in [-0.25, -0.2) is 4.98 Å². The van der Waals surface area contributed by atoms with Gasteiger partial charge >= 0.3 is 0 Å². The molecule has 0 saturated heterocycles. The van der Waals surface area contributed by atoms with Crippen molar-refractivity contribution in [3.05, 3.63) is 48.0 Å². The van der Waals surface area contributed by atoms with E-state index in [4.69, 9.17) is 10.2 Å². The molecular weight excluding hydrogens is 426 g/mol. The Morgan fingerprint density at radius 3 is 2.72 bits per heavy atom. The summed E-state index contributed by atoms with van der Waals surface area (Å²) in [6.07, 6.45) is 6.70. The molecule has 162 valence electrons. The van der Waals surface area contributed by atoms with E-state index in [9.17, 15) is 10.2 Å². The first kappa shape index (κ1) is 19.4. The van der Waals surface area contributed by atoms with Crippen molar-refractivity contribution in [3.8, 4) is 22.5 Å². The summed E-state index contributed by atoms with van der Waals surface area (Å²) < 4.78 is 9.17. The second kappa shape index (κ2) is 7.13. The van der Waals surface area contributed by atoms with Gasteiger partial charge in [-0.1, -0.05) is 0 Å². The largest absolute Gasteiger partial charge is 0.452 e. The maximum Gasteiger partial charge on any atom is 0.177 e. The molecule has 9 heteroatoms. The third-order valence-corrected chi connectivity index (χ3v) is 7.32. The smallest absolute Gasteiger partial charge is 0.177 e. The lowest BCUT2D eigenvalue weighted by molar-refractivity contribution is 0.0438. The molecule has 0 radical (unpaired) electrons. The molecule has 0 bridgehead atoms. The predicted molar refractivity (Wildman–Crippen MR) is 123 cm³/mol. The number of aliphatic hydroxyl groups excluding tert-OH is 2. The average Bonchev–Trinajstić information content (AvgIpc) is 3.55. The number of rotatable bonds is 3. The lowest BCUT2D eigenvalue weighted by atomic mass is 10.0. The Morgan fingerprint density at radius 2 is 1.91 bits per heavy atom. The third kappa shape index (κ3) is 2.85. The highest BCUT2D eigenvalue weighted by Crippen LogP contribution is 2.41. The molecule has 1 aliphatic rings. The lowest BCUT2D eigenvalue weighted by Crippen LogP contribution is -2.17. The van der Waals surface area contributed by atoms with E-state index in [1.165, 1.54) is 0 Å². The first-order valence-corrected chi connectivity index (χ1v) is 11.3. The van der Waals surface area contributed by atoms with E-state index >= 15 is 0 Å². The number of nitrogens with two attached hydrogens (primary N) is 1. The minimum absolute atomic E-state index is 0.0447. The average molecular weight is 448 g/mol. The standard InChI is InChI=1S/C23H21N5O3S/c1-11-15(8-27-28(11)12-4-18(29)19(30)5-12)16-7-26-23(24)22-14(16)6-20(31-22)17-10-32-21-9-25-3-2-13(17)21/h2-3,6-10,12,18-19,29-30H,4-5H2,1H3,(H2,24,26)/t12-,18-,19+. The number of furan rings is 1. The Bertz CT molecular complexity index is 1460. The quantitative estimate of drug-likeness (QED) is 0.383. The zero-order chi connectivity index (χ0) is 22.0. The van der Waals surface area contributed by atoms with Gasteiger partial charge in [0.15, 0.2) is 11.4 Å². The molecule has 0 spiro atoms. The molecule has 4 N–H and O–H groups in total. The molecular formula is C23H21N5O3S. The zero-order valence-corrected chi connectivity index (χ0v) is 18.1. The number of aromatic nitrogens is 4. The van der Waals surface area contributed by atoms with Crippen LogP contribution >= 0.6 is 11.3 Å². The van der Waals surface area contributed by atoms with Crippen molar-refractivity contribution in [2.24, 2.45) is 0 Å². The van der Waals surface area contributed by atoms with E-state index < -0.39 is 12.2 Å². The molecule has 1 saturated carbocycles. The van der Waals surface area contributed by atoms with Crippen molar-refractivity contribution in [2.75, 3.05) is 5.73 Å². The minimum Gasteiger partial charge on any atom is -0.452 e. The summed E-state index contributed by atoms with van der Waals surface area (Å²) in [5.74, 6) is 1.06. The molecule has 0 unspecified atom stereocenters. The number of thiophene rings is 1. The Hall–Kier alpha value is -3.27. The van der Waals surface area contributed by atoms with E-state index in [0.717, 1.165) is 43.6 Å². The van der Waals surface area contributed by atoms with E-state index in [2.05, 4.69) is 20.4 Å². The van der Waals surface area contributed by atoms with E-state index in [0.29, 0.717) is 24.2 Å². The second-order valence-electron chi connectivity index (χ2n) is 8.28. The van der Waals surface area contributed by atoms with Crippen LogP contribution in [-0.2, 0) is 0 Å². The number of hydrogen-bond donors (Lipinski definition) is 3. The topological polar surface area (TPSA) is 123 Å². The van der Waals surface area contributed by atoms with Gasteiger partial charge in [-0.05, 0) is 31.9 Å². The van der Waals surface area contributed by atoms with Crippen LogP contribution in [0.4, 0.5) is 5.82 Å². The summed E-state index contributed by atoms with van der Waals surface area (Å²) in [6.45, 7) is 1.99. The number of pyridine rings is 2. The summed E-state index contributed by atoms with van der Waals surface area (Å²) in [5.41, 5.74) is 10.5. The highest BCUT2D eigenvalue weighted by molar-refractivity contribution is 7.17. The fraction of sp³-hybridized carbons (Fsp3) is 0.261. The fourth-order valence-corrected chi connectivity index (χ4v) is 5.60. The van der Waals surface area contributed by atoms with Gasteiger partial charge in [-0.2, -0.15) is 5.10 Å². The maximum atomic E-state index is 9.95. The molecule has 0 aliphatic heterocycles. The normalized spacial score (nSPS) is 21.2. The van der Waals surface area contributed by atoms with Crippen molar-refractivity contribution in [1.82, 2.24) is 19.7 Å². The SMILES string of the molecule is Cc1c(-c2cnc(N)c3oc(-c4csc5cnccc45)cc23)cnn1[C@@H]1C[C@@H](O)[C@@H](O)C1. The van der Waals surface area contributed by atoms with Gasteiger partial charge in [0.2, 0.25) is 0 Å². The van der Waals surface area contributed by atoms with Gasteiger partial charge in [0.1, 0.15) is 5.76 Å². The second-order valence-corrected chi connectivity index (χ2v) is 9.19. The van der Waals surface area contributed by atoms with Crippen molar-refractivity contribution < 1.29 is 14.6 Å². The number of hydrogen-bond acceptors (Lipinski definition) is 8. The molecule has 0 amide bonds. The van der Waals surface area contributed by atoms with Crippen LogP contribution in [0.3, 0.4) is 0 Å². The van der Waals surface area contributed by atoms with Gasteiger partial charge in [0.05, 0.1) is 29.1 Å². The van der Waals surface area contributed by atoms with E-state index in [1.54, 1.807) is 29.9 Å². The van der Waals surface area contributed by atoms with Crippen LogP contribution in [0.2, 0.25) is 0 Å². The van der Waals surface area contributed by atoms with Crippen LogP contribution < -0.4 is 5.73 Å². The summed E-state index contributed by atoms with van der Waals surface area (Å²) in [5, 5.41) is 28.5. The Kier molecular flexibility index (Phi) is 4.32. The van der Waals surface area contributed by atoms with Gasteiger partial charge < -0.3 is 20.4 Å². The minimum atomic E-state index is -0.719. The highest BCUT2D eigenvalue weighted by atomic mass is 32.1. The molecule has 8 nitrogen and oxygen atoms in total. The summed E-state index contributed by atoms with van der Waals surface area (Å²) in [4.78, 5) is 8.57. The zero-order valence-electron chi connectivity index (χ0n) is 17.3. The van der Waals surface area contributed by atoms with E-state index in [-0.39, 0.29) is 6.04 Å². The third-order valence-electron chi connectivity index (χ3n) is 6.38. The monoisotopic (exact) mass is 447 g/mol. The van der Waals surface area contributed by atoms with Gasteiger partial charge in [-0.15, -0.1) is 11.3 Å². The van der Waals surface area contributed by atoms with Crippen LogP contribution in [0, 0.1) is 6.92 Å². The molecule has 1 fully saturated rings. The van der Waals surface area contributed by atoms with Crippen LogP contribution in [0.15, 0.2) is 46.7 Å². The van der Waals surface area contributed by atoms with E-state index in [1.807, 2.05) is 29.9 Å². The summed E-state index contributed by atoms with van der Waals surface area (Å²) >= 11 is 1.62. The first-order valence-electron chi connectivity index (χ1n) is 10.4. The number of nitrogens with zero attached hydrogens (tertiary/aromatic N) is 4.